The van der Waals surface area contributed by atoms with Crippen molar-refractivity contribution >= 4 is 15.6 Å². The molecule has 6 atom stereocenters. The van der Waals surface area contributed by atoms with Crippen LogP contribution in [0.5, 0.6) is 0 Å². The summed E-state index contributed by atoms with van der Waals surface area (Å²) < 4.78 is 29.4. The van der Waals surface area contributed by atoms with Crippen molar-refractivity contribution in [2.24, 2.45) is 0 Å². The highest BCUT2D eigenvalue weighted by atomic mass is 31.2. The molecule has 1 aliphatic rings. The van der Waals surface area contributed by atoms with Gasteiger partial charge in [0.15, 0.2) is 0 Å². The summed E-state index contributed by atoms with van der Waals surface area (Å²) >= 11 is 0. The van der Waals surface area contributed by atoms with Crippen LogP contribution in [0.25, 0.3) is 0 Å². The van der Waals surface area contributed by atoms with E-state index in [-0.39, 0.29) is 0 Å². The molecule has 12 nitrogen and oxygen atoms in total. The van der Waals surface area contributed by atoms with Crippen LogP contribution >= 0.6 is 15.6 Å². The van der Waals surface area contributed by atoms with Crippen molar-refractivity contribution in [3.63, 3.8) is 0 Å². The van der Waals surface area contributed by atoms with E-state index >= 15 is 0 Å². The summed E-state index contributed by atoms with van der Waals surface area (Å²) in [4.78, 5) is 34.4. The number of aliphatic hydroxyl groups excluding tert-OH is 4. The SMILES string of the molecule is O=P(O)(O)O[C@H]1[C@@H](O)[C@H](OP(=O)(O)O)[C@@H](O)[C@@H](O)[C@H]1O. The van der Waals surface area contributed by atoms with Crippen molar-refractivity contribution in [3.05, 3.63) is 0 Å². The van der Waals surface area contributed by atoms with Crippen LogP contribution in [0.1, 0.15) is 0 Å². The third-order valence-corrected chi connectivity index (χ3v) is 3.60. The summed E-state index contributed by atoms with van der Waals surface area (Å²) in [5.41, 5.74) is 0. The van der Waals surface area contributed by atoms with Crippen LogP contribution < -0.4 is 0 Å². The lowest BCUT2D eigenvalue weighted by Crippen LogP contribution is -2.64. The normalized spacial score (nSPS) is 39.8. The first-order valence-electron chi connectivity index (χ1n) is 5.03. The summed E-state index contributed by atoms with van der Waals surface area (Å²) in [5, 5.41) is 38.0. The topological polar surface area (TPSA) is 214 Å². The van der Waals surface area contributed by atoms with Gasteiger partial charge in [0.1, 0.15) is 36.6 Å². The molecule has 1 fully saturated rings. The lowest BCUT2D eigenvalue weighted by Gasteiger charge is -2.42. The van der Waals surface area contributed by atoms with E-state index in [0.717, 1.165) is 0 Å². The summed E-state index contributed by atoms with van der Waals surface area (Å²) in [5.74, 6) is 0. The second-order valence-electron chi connectivity index (χ2n) is 4.08. The maximum Gasteiger partial charge on any atom is 0.470 e. The fourth-order valence-corrected chi connectivity index (χ4v) is 2.88. The second-order valence-corrected chi connectivity index (χ2v) is 6.47. The monoisotopic (exact) mass is 340 g/mol. The number of phosphoric acid groups is 2. The minimum absolute atomic E-state index is 2.12. The van der Waals surface area contributed by atoms with E-state index < -0.39 is 52.3 Å². The molecule has 0 aliphatic heterocycles. The molecular weight excluding hydrogens is 326 g/mol. The van der Waals surface area contributed by atoms with Gasteiger partial charge >= 0.3 is 15.6 Å². The Bertz CT molecular complexity index is 390. The van der Waals surface area contributed by atoms with E-state index in [0.29, 0.717) is 0 Å². The van der Waals surface area contributed by atoms with Crippen LogP contribution in [0.15, 0.2) is 0 Å². The van der Waals surface area contributed by atoms with Crippen molar-refractivity contribution in [1.82, 2.24) is 0 Å². The summed E-state index contributed by atoms with van der Waals surface area (Å²) in [6, 6.07) is 0. The molecule has 0 saturated heterocycles. The van der Waals surface area contributed by atoms with Gasteiger partial charge in [-0.25, -0.2) is 9.13 Å². The van der Waals surface area contributed by atoms with Crippen molar-refractivity contribution in [2.45, 2.75) is 36.6 Å². The Labute approximate surface area is 111 Å². The van der Waals surface area contributed by atoms with Crippen LogP contribution in [-0.2, 0) is 18.2 Å². The van der Waals surface area contributed by atoms with Gasteiger partial charge in [0.25, 0.3) is 0 Å². The zero-order valence-electron chi connectivity index (χ0n) is 9.57. The van der Waals surface area contributed by atoms with Gasteiger partial charge in [-0.1, -0.05) is 0 Å². The molecule has 0 bridgehead atoms. The highest BCUT2D eigenvalue weighted by Crippen LogP contribution is 2.45. The number of phosphoric ester groups is 2. The highest BCUT2D eigenvalue weighted by molar-refractivity contribution is 7.46. The zero-order chi connectivity index (χ0) is 15.9. The number of hydrogen-bond donors (Lipinski definition) is 8. The van der Waals surface area contributed by atoms with Crippen LogP contribution in [0.3, 0.4) is 0 Å². The van der Waals surface area contributed by atoms with Crippen LogP contribution in [0.2, 0.25) is 0 Å². The zero-order valence-corrected chi connectivity index (χ0v) is 11.4. The molecule has 120 valence electrons. The molecule has 0 aromatic carbocycles. The standard InChI is InChI=1S/C6H14O12P2/c7-1-2(8)5(17-19(11,12)13)4(10)6(3(1)9)18-20(14,15)16/h1-10H,(H2,11,12,13)(H2,14,15,16)/t1-,2+,3-,4+,5-,6-/m1/s1. The average Bonchev–Trinajstić information content (AvgIpc) is 2.25. The first-order valence-corrected chi connectivity index (χ1v) is 8.10. The van der Waals surface area contributed by atoms with Gasteiger partial charge in [-0.3, -0.25) is 9.05 Å². The Kier molecular flexibility index (Phi) is 5.48. The van der Waals surface area contributed by atoms with Gasteiger partial charge in [0, 0.05) is 0 Å². The molecule has 0 spiro atoms. The van der Waals surface area contributed by atoms with E-state index in [1.807, 2.05) is 0 Å². The summed E-state index contributed by atoms with van der Waals surface area (Å²) in [6.45, 7) is 0. The van der Waals surface area contributed by atoms with E-state index in [9.17, 15) is 29.6 Å². The molecule has 20 heavy (non-hydrogen) atoms. The number of aliphatic hydroxyl groups is 4. The predicted molar refractivity (Wildman–Crippen MR) is 57.9 cm³/mol. The van der Waals surface area contributed by atoms with E-state index in [2.05, 4.69) is 9.05 Å². The molecule has 1 aliphatic carbocycles. The van der Waals surface area contributed by atoms with Crippen molar-refractivity contribution in [1.29, 1.82) is 0 Å². The smallest absolute Gasteiger partial charge is 0.387 e. The van der Waals surface area contributed by atoms with Crippen LogP contribution in [-0.4, -0.2) is 76.6 Å². The molecule has 0 radical (unpaired) electrons. The maximum absolute atomic E-state index is 10.7. The Morgan fingerprint density at radius 2 is 0.900 bits per heavy atom. The largest absolute Gasteiger partial charge is 0.470 e. The predicted octanol–water partition coefficient (Wildman–Crippen LogP) is -3.60. The van der Waals surface area contributed by atoms with Crippen LogP contribution in [0, 0.1) is 0 Å². The quantitative estimate of drug-likeness (QED) is 0.233. The van der Waals surface area contributed by atoms with Crippen molar-refractivity contribution in [3.8, 4) is 0 Å². The summed E-state index contributed by atoms with van der Waals surface area (Å²) in [7, 11) is -10.4. The van der Waals surface area contributed by atoms with Gasteiger partial charge in [-0.15, -0.1) is 0 Å². The first-order chi connectivity index (χ1) is 8.83. The number of hydrogen-bond acceptors (Lipinski definition) is 8. The first kappa shape index (κ1) is 18.1. The summed E-state index contributed by atoms with van der Waals surface area (Å²) in [6.07, 6.45) is -12.8. The molecule has 0 amide bonds. The van der Waals surface area contributed by atoms with Gasteiger partial charge in [-0.2, -0.15) is 0 Å². The molecule has 0 heterocycles. The molecule has 1 saturated carbocycles. The van der Waals surface area contributed by atoms with Gasteiger partial charge in [-0.05, 0) is 0 Å². The molecule has 0 aromatic rings. The molecule has 14 heteroatoms. The van der Waals surface area contributed by atoms with E-state index in [1.54, 1.807) is 0 Å². The van der Waals surface area contributed by atoms with Gasteiger partial charge < -0.3 is 40.0 Å². The van der Waals surface area contributed by atoms with Gasteiger partial charge in [0.05, 0.1) is 0 Å². The lowest BCUT2D eigenvalue weighted by molar-refractivity contribution is -0.215. The number of rotatable bonds is 4. The fourth-order valence-electron chi connectivity index (χ4n) is 1.75. The Morgan fingerprint density at radius 3 is 1.15 bits per heavy atom. The van der Waals surface area contributed by atoms with E-state index in [4.69, 9.17) is 19.6 Å². The van der Waals surface area contributed by atoms with Gasteiger partial charge in [0.2, 0.25) is 0 Å². The third-order valence-electron chi connectivity index (χ3n) is 2.56. The molecular formula is C6H14O12P2. The highest BCUT2D eigenvalue weighted by Gasteiger charge is 2.53. The lowest BCUT2D eigenvalue weighted by atomic mass is 9.85. The van der Waals surface area contributed by atoms with Crippen molar-refractivity contribution < 1.29 is 58.2 Å². The minimum Gasteiger partial charge on any atom is -0.387 e. The Morgan fingerprint density at radius 1 is 0.600 bits per heavy atom. The van der Waals surface area contributed by atoms with Crippen LogP contribution in [0.4, 0.5) is 0 Å². The molecule has 8 N–H and O–H groups in total. The second kappa shape index (κ2) is 6.05. The maximum atomic E-state index is 10.7. The Balaban J connectivity index is 3.02. The average molecular weight is 340 g/mol. The molecule has 0 unspecified atom stereocenters. The minimum atomic E-state index is -5.20. The molecule has 1 rings (SSSR count). The third kappa shape index (κ3) is 4.53. The fraction of sp³-hybridized carbons (Fsp3) is 1.00. The molecule has 0 aromatic heterocycles. The van der Waals surface area contributed by atoms with Crippen molar-refractivity contribution in [2.75, 3.05) is 0 Å². The van der Waals surface area contributed by atoms with E-state index in [1.165, 1.54) is 0 Å². The Hall–Kier alpha value is 0.0600.